The minimum atomic E-state index is -0.762. The van der Waals surface area contributed by atoms with Crippen molar-refractivity contribution in [1.82, 2.24) is 5.32 Å². The Labute approximate surface area is 168 Å². The molecule has 0 saturated heterocycles. The largest absolute Gasteiger partial charge is 0.493 e. The van der Waals surface area contributed by atoms with Crippen molar-refractivity contribution in [3.8, 4) is 5.75 Å². The van der Waals surface area contributed by atoms with Crippen molar-refractivity contribution in [2.45, 2.75) is 51.9 Å². The molecule has 0 amide bonds. The summed E-state index contributed by atoms with van der Waals surface area (Å²) in [6.45, 7) is 8.69. The van der Waals surface area contributed by atoms with Crippen LogP contribution in [-0.2, 0) is 23.1 Å². The lowest BCUT2D eigenvalue weighted by molar-refractivity contribution is -0.136. The molecule has 0 aliphatic heterocycles. The summed E-state index contributed by atoms with van der Waals surface area (Å²) in [6.07, 6.45) is 2.99. The van der Waals surface area contributed by atoms with Crippen LogP contribution in [0.2, 0.25) is 0 Å². The van der Waals surface area contributed by atoms with Crippen molar-refractivity contribution < 1.29 is 14.6 Å². The fourth-order valence-corrected chi connectivity index (χ4v) is 2.99. The third kappa shape index (κ3) is 8.13. The second-order valence-electron chi connectivity index (χ2n) is 8.19. The van der Waals surface area contributed by atoms with Crippen LogP contribution >= 0.6 is 0 Å². The lowest BCUT2D eigenvalue weighted by Crippen LogP contribution is -2.19. The minimum Gasteiger partial charge on any atom is -0.493 e. The predicted molar refractivity (Wildman–Crippen MR) is 114 cm³/mol. The van der Waals surface area contributed by atoms with Crippen LogP contribution in [0.4, 0.5) is 0 Å². The highest BCUT2D eigenvalue weighted by Crippen LogP contribution is 2.22. The van der Waals surface area contributed by atoms with Crippen LogP contribution in [0, 0.1) is 0 Å². The molecule has 4 heteroatoms. The second-order valence-corrected chi connectivity index (χ2v) is 8.19. The van der Waals surface area contributed by atoms with Gasteiger partial charge in [-0.3, -0.25) is 4.79 Å². The maximum absolute atomic E-state index is 10.5. The summed E-state index contributed by atoms with van der Waals surface area (Å²) in [6, 6.07) is 17.0. The summed E-state index contributed by atoms with van der Waals surface area (Å²) in [5.41, 5.74) is 4.06. The van der Waals surface area contributed by atoms with E-state index < -0.39 is 5.97 Å². The van der Waals surface area contributed by atoms with E-state index in [0.717, 1.165) is 31.6 Å². The number of benzene rings is 2. The molecule has 2 aromatic carbocycles. The number of hydrogen-bond acceptors (Lipinski definition) is 3. The van der Waals surface area contributed by atoms with E-state index in [-0.39, 0.29) is 11.8 Å². The lowest BCUT2D eigenvalue weighted by Gasteiger charge is -2.19. The molecule has 28 heavy (non-hydrogen) atoms. The van der Waals surface area contributed by atoms with Gasteiger partial charge >= 0.3 is 5.97 Å². The van der Waals surface area contributed by atoms with Crippen molar-refractivity contribution in [2.24, 2.45) is 0 Å². The van der Waals surface area contributed by atoms with Gasteiger partial charge in [-0.25, -0.2) is 0 Å². The Morgan fingerprint density at radius 2 is 1.75 bits per heavy atom. The average molecular weight is 384 g/mol. The van der Waals surface area contributed by atoms with Crippen LogP contribution in [0.15, 0.2) is 48.5 Å². The zero-order valence-corrected chi connectivity index (χ0v) is 17.3. The quantitative estimate of drug-likeness (QED) is 0.557. The first-order chi connectivity index (χ1) is 13.3. The molecular weight excluding hydrogens is 350 g/mol. The van der Waals surface area contributed by atoms with E-state index in [0.29, 0.717) is 13.2 Å². The van der Waals surface area contributed by atoms with E-state index in [1.165, 1.54) is 16.7 Å². The molecule has 152 valence electrons. The van der Waals surface area contributed by atoms with Gasteiger partial charge in [0.2, 0.25) is 0 Å². The smallest absolute Gasteiger partial charge is 0.304 e. The van der Waals surface area contributed by atoms with E-state index in [1.807, 2.05) is 12.1 Å². The Balaban J connectivity index is 1.71. The van der Waals surface area contributed by atoms with Gasteiger partial charge in [0.05, 0.1) is 13.0 Å². The Hall–Kier alpha value is -2.33. The van der Waals surface area contributed by atoms with Gasteiger partial charge in [-0.05, 0) is 53.6 Å². The van der Waals surface area contributed by atoms with Crippen LogP contribution in [0.1, 0.15) is 50.3 Å². The second kappa shape index (κ2) is 10.9. The van der Waals surface area contributed by atoms with Gasteiger partial charge < -0.3 is 15.2 Å². The molecule has 0 aliphatic carbocycles. The summed E-state index contributed by atoms with van der Waals surface area (Å²) in [5, 5.41) is 11.8. The molecule has 2 N–H and O–H groups in total. The van der Waals surface area contributed by atoms with Gasteiger partial charge in [-0.15, -0.1) is 0 Å². The molecule has 4 nitrogen and oxygen atoms in total. The molecule has 0 spiro atoms. The number of aryl methyl sites for hydroxylation is 1. The molecule has 0 aliphatic rings. The SMILES string of the molecule is CC(C)(C)c1ccc(CCOc2cccc(CCCNCCC(=O)O)c2)cc1. The molecule has 0 bridgehead atoms. The standard InChI is InChI=1S/C24H33NO3/c1-24(2,3)21-11-9-19(10-12-21)14-17-28-22-8-4-6-20(18-22)7-5-15-25-16-13-23(26)27/h4,6,8-12,18,25H,5,7,13-17H2,1-3H3,(H,26,27). The zero-order chi connectivity index (χ0) is 20.4. The van der Waals surface area contributed by atoms with Crippen molar-refractivity contribution >= 4 is 5.97 Å². The first-order valence-corrected chi connectivity index (χ1v) is 10.1. The molecule has 0 radical (unpaired) electrons. The van der Waals surface area contributed by atoms with Gasteiger partial charge in [0.1, 0.15) is 5.75 Å². The lowest BCUT2D eigenvalue weighted by atomic mass is 9.86. The molecular formula is C24H33NO3. The van der Waals surface area contributed by atoms with Crippen LogP contribution < -0.4 is 10.1 Å². The first-order valence-electron chi connectivity index (χ1n) is 10.1. The average Bonchev–Trinajstić information content (AvgIpc) is 2.64. The van der Waals surface area contributed by atoms with Crippen molar-refractivity contribution in [3.05, 3.63) is 65.2 Å². The number of carbonyl (C=O) groups is 1. The predicted octanol–water partition coefficient (Wildman–Crippen LogP) is 4.60. The van der Waals surface area contributed by atoms with E-state index >= 15 is 0 Å². The molecule has 0 fully saturated rings. The Morgan fingerprint density at radius 1 is 1.00 bits per heavy atom. The van der Waals surface area contributed by atoms with E-state index in [1.54, 1.807) is 0 Å². The van der Waals surface area contributed by atoms with E-state index in [2.05, 4.69) is 62.5 Å². The van der Waals surface area contributed by atoms with E-state index in [9.17, 15) is 4.79 Å². The fraction of sp³-hybridized carbons (Fsp3) is 0.458. The Kier molecular flexibility index (Phi) is 8.52. The first kappa shape index (κ1) is 22.0. The maximum atomic E-state index is 10.5. The van der Waals surface area contributed by atoms with Crippen LogP contribution in [-0.4, -0.2) is 30.8 Å². The summed E-state index contributed by atoms with van der Waals surface area (Å²) in [4.78, 5) is 10.5. The molecule has 2 rings (SSSR count). The number of carboxylic acid groups (broad SMARTS) is 1. The zero-order valence-electron chi connectivity index (χ0n) is 17.3. The highest BCUT2D eigenvalue weighted by atomic mass is 16.5. The van der Waals surface area contributed by atoms with E-state index in [4.69, 9.17) is 9.84 Å². The number of hydrogen-bond donors (Lipinski definition) is 2. The third-order valence-corrected chi connectivity index (χ3v) is 4.71. The number of rotatable bonds is 11. The van der Waals surface area contributed by atoms with Gasteiger partial charge in [0, 0.05) is 13.0 Å². The van der Waals surface area contributed by atoms with Crippen molar-refractivity contribution in [1.29, 1.82) is 0 Å². The summed E-state index contributed by atoms with van der Waals surface area (Å²) >= 11 is 0. The molecule has 0 unspecified atom stereocenters. The topological polar surface area (TPSA) is 58.6 Å². The molecule has 0 saturated carbocycles. The van der Waals surface area contributed by atoms with Crippen LogP contribution in [0.3, 0.4) is 0 Å². The van der Waals surface area contributed by atoms with Gasteiger partial charge in [-0.2, -0.15) is 0 Å². The minimum absolute atomic E-state index is 0.169. The summed E-state index contributed by atoms with van der Waals surface area (Å²) < 4.78 is 5.94. The van der Waals surface area contributed by atoms with Gasteiger partial charge in [-0.1, -0.05) is 57.2 Å². The van der Waals surface area contributed by atoms with Crippen LogP contribution in [0.5, 0.6) is 5.75 Å². The monoisotopic (exact) mass is 383 g/mol. The summed E-state index contributed by atoms with van der Waals surface area (Å²) in [7, 11) is 0. The highest BCUT2D eigenvalue weighted by Gasteiger charge is 2.12. The molecule has 0 heterocycles. The maximum Gasteiger partial charge on any atom is 0.304 e. The van der Waals surface area contributed by atoms with Crippen LogP contribution in [0.25, 0.3) is 0 Å². The number of ether oxygens (including phenoxy) is 1. The number of aliphatic carboxylic acids is 1. The fourth-order valence-electron chi connectivity index (χ4n) is 2.99. The molecule has 2 aromatic rings. The normalized spacial score (nSPS) is 11.4. The van der Waals surface area contributed by atoms with Crippen molar-refractivity contribution in [3.63, 3.8) is 0 Å². The molecule has 0 aromatic heterocycles. The van der Waals surface area contributed by atoms with Crippen molar-refractivity contribution in [2.75, 3.05) is 19.7 Å². The molecule has 0 atom stereocenters. The Morgan fingerprint density at radius 3 is 2.43 bits per heavy atom. The Bertz CT molecular complexity index is 732. The number of nitrogens with one attached hydrogen (secondary N) is 1. The highest BCUT2D eigenvalue weighted by molar-refractivity contribution is 5.66. The van der Waals surface area contributed by atoms with Gasteiger partial charge in [0.25, 0.3) is 0 Å². The number of carboxylic acids is 1. The summed E-state index contributed by atoms with van der Waals surface area (Å²) in [5.74, 6) is 0.144. The van der Waals surface area contributed by atoms with Gasteiger partial charge in [0.15, 0.2) is 0 Å². The third-order valence-electron chi connectivity index (χ3n) is 4.71.